The monoisotopic (exact) mass is 301 g/mol. The number of benzene rings is 1. The molecule has 0 bridgehead atoms. The molecule has 5 nitrogen and oxygen atoms in total. The summed E-state index contributed by atoms with van der Waals surface area (Å²) in [6, 6.07) is 4.59. The molecule has 1 aromatic rings. The lowest BCUT2D eigenvalue weighted by molar-refractivity contribution is -0.122. The van der Waals surface area contributed by atoms with Gasteiger partial charge in [-0.3, -0.25) is 4.79 Å². The van der Waals surface area contributed by atoms with Crippen molar-refractivity contribution in [2.75, 3.05) is 6.61 Å². The Morgan fingerprint density at radius 2 is 2.11 bits per heavy atom. The molecule has 19 heavy (non-hydrogen) atoms. The third kappa shape index (κ3) is 2.55. The number of ether oxygens (including phenoxy) is 1. The van der Waals surface area contributed by atoms with Gasteiger partial charge in [-0.2, -0.15) is 0 Å². The van der Waals surface area contributed by atoms with Gasteiger partial charge < -0.3 is 10.1 Å². The maximum Gasteiger partial charge on any atom is 0.261 e. The number of nitrogens with one attached hydrogen (secondary N) is 1. The van der Waals surface area contributed by atoms with E-state index in [9.17, 15) is 13.2 Å². The molecule has 1 amide bonds. The zero-order valence-corrected chi connectivity index (χ0v) is 11.5. The Labute approximate surface area is 115 Å². The van der Waals surface area contributed by atoms with Crippen molar-refractivity contribution < 1.29 is 17.9 Å². The average molecular weight is 302 g/mol. The van der Waals surface area contributed by atoms with Crippen molar-refractivity contribution in [3.05, 3.63) is 23.8 Å². The zero-order chi connectivity index (χ0) is 13.6. The molecule has 0 saturated heterocycles. The molecule has 1 saturated carbocycles. The van der Waals surface area contributed by atoms with Gasteiger partial charge in [0.05, 0.1) is 4.90 Å². The molecule has 1 unspecified atom stereocenters. The van der Waals surface area contributed by atoms with E-state index in [1.165, 1.54) is 18.2 Å². The predicted octanol–water partition coefficient (Wildman–Crippen LogP) is 1.37. The third-order valence-corrected chi connectivity index (χ3v) is 4.64. The van der Waals surface area contributed by atoms with Crippen LogP contribution in [0.15, 0.2) is 23.1 Å². The van der Waals surface area contributed by atoms with E-state index in [2.05, 4.69) is 5.32 Å². The van der Waals surface area contributed by atoms with Crippen LogP contribution in [-0.2, 0) is 13.8 Å². The average Bonchev–Trinajstić information content (AvgIpc) is 3.04. The summed E-state index contributed by atoms with van der Waals surface area (Å²) in [6.07, 6.45) is 2.00. The lowest BCUT2D eigenvalue weighted by atomic mass is 10.0. The number of hydrogen-bond acceptors (Lipinski definition) is 4. The molecular weight excluding hydrogens is 290 g/mol. The summed E-state index contributed by atoms with van der Waals surface area (Å²) in [5.41, 5.74) is 0.583. The highest BCUT2D eigenvalue weighted by Gasteiger charge is 2.34. The van der Waals surface area contributed by atoms with Crippen LogP contribution in [0.1, 0.15) is 24.3 Å². The summed E-state index contributed by atoms with van der Waals surface area (Å²) in [6.45, 7) is 0.236. The van der Waals surface area contributed by atoms with E-state index in [1.807, 2.05) is 0 Å². The standard InChI is InChI=1S/C12H12ClNO4S/c13-19(16,17)8-3-4-11-9(5-8)10(6-18-11)12(15)14-7-1-2-7/h3-5,7,10H,1-2,6H2,(H,14,15). The largest absolute Gasteiger partial charge is 0.492 e. The van der Waals surface area contributed by atoms with E-state index in [4.69, 9.17) is 15.4 Å². The van der Waals surface area contributed by atoms with Crippen molar-refractivity contribution in [1.82, 2.24) is 5.32 Å². The second kappa shape index (κ2) is 4.38. The molecule has 0 aromatic heterocycles. The van der Waals surface area contributed by atoms with Gasteiger partial charge in [0.25, 0.3) is 9.05 Å². The fourth-order valence-corrected chi connectivity index (χ4v) is 2.88. The van der Waals surface area contributed by atoms with Gasteiger partial charge in [-0.1, -0.05) is 0 Å². The molecular formula is C12H12ClNO4S. The van der Waals surface area contributed by atoms with E-state index in [0.717, 1.165) is 12.8 Å². The van der Waals surface area contributed by atoms with Gasteiger partial charge >= 0.3 is 0 Å². The van der Waals surface area contributed by atoms with E-state index < -0.39 is 15.0 Å². The number of hydrogen-bond donors (Lipinski definition) is 1. The highest BCUT2D eigenvalue weighted by Crippen LogP contribution is 2.36. The second-order valence-electron chi connectivity index (χ2n) is 4.78. The van der Waals surface area contributed by atoms with Gasteiger partial charge in [0, 0.05) is 22.3 Å². The summed E-state index contributed by atoms with van der Waals surface area (Å²) in [7, 11) is 1.51. The summed E-state index contributed by atoms with van der Waals surface area (Å²) < 4.78 is 28.0. The molecule has 7 heteroatoms. The molecule has 2 aliphatic rings. The van der Waals surface area contributed by atoms with Crippen LogP contribution in [0.4, 0.5) is 0 Å². The summed E-state index contributed by atoms with van der Waals surface area (Å²) in [4.78, 5) is 12.0. The van der Waals surface area contributed by atoms with Crippen LogP contribution in [0.5, 0.6) is 5.75 Å². The first-order valence-electron chi connectivity index (χ1n) is 5.97. The molecule has 1 heterocycles. The fraction of sp³-hybridized carbons (Fsp3) is 0.417. The number of carbonyl (C=O) groups excluding carboxylic acids is 1. The van der Waals surface area contributed by atoms with Gasteiger partial charge in [-0.15, -0.1) is 0 Å². The maximum atomic E-state index is 12.0. The first kappa shape index (κ1) is 12.7. The van der Waals surface area contributed by atoms with Crippen molar-refractivity contribution in [3.8, 4) is 5.75 Å². The van der Waals surface area contributed by atoms with Crippen LogP contribution in [-0.4, -0.2) is 27.0 Å². The van der Waals surface area contributed by atoms with Crippen LogP contribution < -0.4 is 10.1 Å². The van der Waals surface area contributed by atoms with Gasteiger partial charge in [0.2, 0.25) is 5.91 Å². The van der Waals surface area contributed by atoms with E-state index in [1.54, 1.807) is 0 Å². The summed E-state index contributed by atoms with van der Waals surface area (Å²) in [5.74, 6) is -0.0423. The fourth-order valence-electron chi connectivity index (χ4n) is 2.09. The van der Waals surface area contributed by atoms with E-state index in [0.29, 0.717) is 11.3 Å². The smallest absolute Gasteiger partial charge is 0.261 e. The second-order valence-corrected chi connectivity index (χ2v) is 7.35. The first-order valence-corrected chi connectivity index (χ1v) is 8.28. The van der Waals surface area contributed by atoms with Crippen LogP contribution in [0.3, 0.4) is 0 Å². The summed E-state index contributed by atoms with van der Waals surface area (Å²) in [5, 5.41) is 2.89. The molecule has 102 valence electrons. The van der Waals surface area contributed by atoms with Gasteiger partial charge in [-0.05, 0) is 31.0 Å². The molecule has 1 aliphatic carbocycles. The number of halogens is 1. The Morgan fingerprint density at radius 3 is 2.74 bits per heavy atom. The van der Waals surface area contributed by atoms with Crippen molar-refractivity contribution in [1.29, 1.82) is 0 Å². The van der Waals surface area contributed by atoms with Gasteiger partial charge in [0.1, 0.15) is 18.3 Å². The van der Waals surface area contributed by atoms with Crippen LogP contribution in [0.2, 0.25) is 0 Å². The lowest BCUT2D eigenvalue weighted by Gasteiger charge is -2.09. The Balaban J connectivity index is 1.91. The van der Waals surface area contributed by atoms with Crippen LogP contribution in [0.25, 0.3) is 0 Å². The maximum absolute atomic E-state index is 12.0. The van der Waals surface area contributed by atoms with Crippen LogP contribution in [0, 0.1) is 0 Å². The predicted molar refractivity (Wildman–Crippen MR) is 68.9 cm³/mol. The van der Waals surface area contributed by atoms with E-state index >= 15 is 0 Å². The zero-order valence-electron chi connectivity index (χ0n) is 9.93. The lowest BCUT2D eigenvalue weighted by Crippen LogP contribution is -2.31. The topological polar surface area (TPSA) is 72.5 Å². The molecule has 1 atom stereocenters. The van der Waals surface area contributed by atoms with Crippen molar-refractivity contribution in [2.24, 2.45) is 0 Å². The normalized spacial score (nSPS) is 21.6. The minimum atomic E-state index is -3.80. The molecule has 1 fully saturated rings. The van der Waals surface area contributed by atoms with E-state index in [-0.39, 0.29) is 23.5 Å². The Kier molecular flexibility index (Phi) is 2.94. The number of fused-ring (bicyclic) bond motifs is 1. The third-order valence-electron chi connectivity index (χ3n) is 3.28. The molecule has 1 aliphatic heterocycles. The van der Waals surface area contributed by atoms with Crippen LogP contribution >= 0.6 is 10.7 Å². The van der Waals surface area contributed by atoms with Gasteiger partial charge in [-0.25, -0.2) is 8.42 Å². The minimum Gasteiger partial charge on any atom is -0.492 e. The highest BCUT2D eigenvalue weighted by molar-refractivity contribution is 8.13. The SMILES string of the molecule is O=C(NC1CC1)C1COc2ccc(S(=O)(=O)Cl)cc21. The molecule has 1 N–H and O–H groups in total. The number of carbonyl (C=O) groups is 1. The summed E-state index contributed by atoms with van der Waals surface area (Å²) >= 11 is 0. The quantitative estimate of drug-likeness (QED) is 0.856. The highest BCUT2D eigenvalue weighted by atomic mass is 35.7. The van der Waals surface area contributed by atoms with Crippen molar-refractivity contribution in [3.63, 3.8) is 0 Å². The number of rotatable bonds is 3. The number of amides is 1. The van der Waals surface area contributed by atoms with Crippen molar-refractivity contribution >= 4 is 25.6 Å². The molecule has 0 spiro atoms. The molecule has 0 radical (unpaired) electrons. The Bertz CT molecular complexity index is 639. The van der Waals surface area contributed by atoms with Gasteiger partial charge in [0.15, 0.2) is 0 Å². The van der Waals surface area contributed by atoms with Crippen molar-refractivity contribution in [2.45, 2.75) is 29.7 Å². The Hall–Kier alpha value is -1.27. The molecule has 3 rings (SSSR count). The first-order chi connectivity index (χ1) is 8.95. The minimum absolute atomic E-state index is 0.0114. The molecule has 1 aromatic carbocycles. The Morgan fingerprint density at radius 1 is 1.37 bits per heavy atom.